The summed E-state index contributed by atoms with van der Waals surface area (Å²) in [4.78, 5) is 18.6. The molecule has 0 unspecified atom stereocenters. The Morgan fingerprint density at radius 3 is 2.71 bits per heavy atom. The summed E-state index contributed by atoms with van der Waals surface area (Å²) in [6, 6.07) is 10.1. The van der Waals surface area contributed by atoms with Gasteiger partial charge in [-0.2, -0.15) is 0 Å². The molecule has 0 aliphatic carbocycles. The van der Waals surface area contributed by atoms with E-state index < -0.39 is 0 Å². The van der Waals surface area contributed by atoms with Gasteiger partial charge in [0.25, 0.3) is 0 Å². The number of carbonyl (C=O) groups excluding carboxylic acids is 1. The number of hydrogen-bond donors (Lipinski definition) is 1. The van der Waals surface area contributed by atoms with Gasteiger partial charge in [-0.3, -0.25) is 4.79 Å². The number of aryl methyl sites for hydroxylation is 1. The fourth-order valence-electron chi connectivity index (χ4n) is 2.63. The van der Waals surface area contributed by atoms with E-state index in [1.54, 1.807) is 6.20 Å². The normalized spacial score (nSPS) is 15.1. The predicted molar refractivity (Wildman–Crippen MR) is 81.7 cm³/mol. The van der Waals surface area contributed by atoms with E-state index in [1.165, 1.54) is 0 Å². The number of nitrogens with one attached hydrogen (secondary N) is 1. The molecule has 0 saturated carbocycles. The third-order valence-electron chi connectivity index (χ3n) is 3.78. The molecule has 0 radical (unpaired) electrons. The van der Waals surface area contributed by atoms with Crippen LogP contribution in [-0.2, 0) is 11.3 Å². The summed E-state index contributed by atoms with van der Waals surface area (Å²) < 4.78 is 2.05. The lowest BCUT2D eigenvalue weighted by atomic mass is 10.2. The second-order valence-corrected chi connectivity index (χ2v) is 5.19. The van der Waals surface area contributed by atoms with Gasteiger partial charge in [0.15, 0.2) is 0 Å². The first-order valence-electron chi connectivity index (χ1n) is 7.39. The zero-order chi connectivity index (χ0) is 14.5. The lowest BCUT2D eigenvalue weighted by molar-refractivity contribution is -0.131. The molecule has 0 spiro atoms. The van der Waals surface area contributed by atoms with Crippen molar-refractivity contribution in [2.75, 3.05) is 26.2 Å². The highest BCUT2D eigenvalue weighted by Gasteiger charge is 2.16. The van der Waals surface area contributed by atoms with E-state index in [1.807, 2.05) is 41.4 Å². The molecule has 3 rings (SSSR count). The van der Waals surface area contributed by atoms with Crippen molar-refractivity contribution in [1.29, 1.82) is 0 Å². The number of nitrogens with zero attached hydrogens (tertiary/aromatic N) is 3. The average Bonchev–Trinajstić information content (AvgIpc) is 3.03. The van der Waals surface area contributed by atoms with Gasteiger partial charge in [0.1, 0.15) is 5.82 Å². The van der Waals surface area contributed by atoms with Gasteiger partial charge in [0, 0.05) is 57.1 Å². The van der Waals surface area contributed by atoms with Crippen LogP contribution in [0.5, 0.6) is 0 Å². The highest BCUT2D eigenvalue weighted by Crippen LogP contribution is 2.17. The second kappa shape index (κ2) is 6.54. The summed E-state index contributed by atoms with van der Waals surface area (Å²) >= 11 is 0. The first-order valence-corrected chi connectivity index (χ1v) is 7.39. The van der Waals surface area contributed by atoms with Crippen LogP contribution in [0.1, 0.15) is 6.42 Å². The standard InChI is InChI=1S/C16H20N4O/c21-15(19-11-7-17-8-12-19)6-10-20-13-9-18-16(20)14-4-2-1-3-5-14/h1-5,9,13,17H,6-8,10-12H2. The molecule has 0 atom stereocenters. The molecule has 0 bridgehead atoms. The molecule has 1 aliphatic rings. The van der Waals surface area contributed by atoms with Crippen LogP contribution in [0, 0.1) is 0 Å². The largest absolute Gasteiger partial charge is 0.340 e. The van der Waals surface area contributed by atoms with Crippen molar-refractivity contribution in [3.05, 3.63) is 42.7 Å². The van der Waals surface area contributed by atoms with Crippen molar-refractivity contribution in [1.82, 2.24) is 19.8 Å². The number of amides is 1. The van der Waals surface area contributed by atoms with E-state index in [4.69, 9.17) is 0 Å². The Morgan fingerprint density at radius 1 is 1.19 bits per heavy atom. The molecule has 1 saturated heterocycles. The van der Waals surface area contributed by atoms with Crippen LogP contribution in [0.15, 0.2) is 42.7 Å². The molecule has 5 nitrogen and oxygen atoms in total. The third kappa shape index (κ3) is 3.31. The van der Waals surface area contributed by atoms with Gasteiger partial charge < -0.3 is 14.8 Å². The van der Waals surface area contributed by atoms with Crippen LogP contribution in [0.25, 0.3) is 11.4 Å². The van der Waals surface area contributed by atoms with Gasteiger partial charge in [0.05, 0.1) is 0 Å². The minimum Gasteiger partial charge on any atom is -0.340 e. The summed E-state index contributed by atoms with van der Waals surface area (Å²) in [5.41, 5.74) is 1.08. The van der Waals surface area contributed by atoms with Crippen molar-refractivity contribution < 1.29 is 4.79 Å². The third-order valence-corrected chi connectivity index (χ3v) is 3.78. The second-order valence-electron chi connectivity index (χ2n) is 5.19. The summed E-state index contributed by atoms with van der Waals surface area (Å²) in [5, 5.41) is 3.26. The monoisotopic (exact) mass is 284 g/mol. The molecule has 2 aromatic rings. The van der Waals surface area contributed by atoms with Crippen LogP contribution in [0.3, 0.4) is 0 Å². The molecule has 5 heteroatoms. The Labute approximate surface area is 124 Å². The van der Waals surface area contributed by atoms with E-state index in [0.29, 0.717) is 13.0 Å². The molecule has 1 amide bonds. The maximum Gasteiger partial charge on any atom is 0.224 e. The summed E-state index contributed by atoms with van der Waals surface area (Å²) in [6.45, 7) is 4.09. The number of hydrogen-bond acceptors (Lipinski definition) is 3. The quantitative estimate of drug-likeness (QED) is 0.922. The highest BCUT2D eigenvalue weighted by atomic mass is 16.2. The number of carbonyl (C=O) groups is 1. The zero-order valence-electron chi connectivity index (χ0n) is 12.0. The van der Waals surface area contributed by atoms with Crippen molar-refractivity contribution in [3.63, 3.8) is 0 Å². The van der Waals surface area contributed by atoms with E-state index in [9.17, 15) is 4.79 Å². The lowest BCUT2D eigenvalue weighted by Crippen LogP contribution is -2.46. The lowest BCUT2D eigenvalue weighted by Gasteiger charge is -2.27. The van der Waals surface area contributed by atoms with Crippen LogP contribution in [-0.4, -0.2) is 46.5 Å². The van der Waals surface area contributed by atoms with Gasteiger partial charge >= 0.3 is 0 Å². The van der Waals surface area contributed by atoms with Crippen LogP contribution in [0.4, 0.5) is 0 Å². The fourth-order valence-corrected chi connectivity index (χ4v) is 2.63. The van der Waals surface area contributed by atoms with Gasteiger partial charge in [-0.1, -0.05) is 30.3 Å². The summed E-state index contributed by atoms with van der Waals surface area (Å²) in [7, 11) is 0. The number of aromatic nitrogens is 2. The number of benzene rings is 1. The Morgan fingerprint density at radius 2 is 1.95 bits per heavy atom. The van der Waals surface area contributed by atoms with Crippen LogP contribution in [0.2, 0.25) is 0 Å². The first-order chi connectivity index (χ1) is 10.3. The van der Waals surface area contributed by atoms with Crippen molar-refractivity contribution in [2.45, 2.75) is 13.0 Å². The molecule has 1 N–H and O–H groups in total. The van der Waals surface area contributed by atoms with Gasteiger partial charge in [0.2, 0.25) is 5.91 Å². The molecule has 110 valence electrons. The zero-order valence-corrected chi connectivity index (χ0v) is 12.0. The van der Waals surface area contributed by atoms with Gasteiger partial charge in [-0.15, -0.1) is 0 Å². The van der Waals surface area contributed by atoms with Gasteiger partial charge in [-0.05, 0) is 0 Å². The minimum absolute atomic E-state index is 0.226. The van der Waals surface area contributed by atoms with Crippen molar-refractivity contribution in [3.8, 4) is 11.4 Å². The van der Waals surface area contributed by atoms with Crippen LogP contribution < -0.4 is 5.32 Å². The van der Waals surface area contributed by atoms with Crippen molar-refractivity contribution in [2.24, 2.45) is 0 Å². The van der Waals surface area contributed by atoms with E-state index in [0.717, 1.165) is 37.6 Å². The van der Waals surface area contributed by atoms with Crippen molar-refractivity contribution >= 4 is 5.91 Å². The van der Waals surface area contributed by atoms with Gasteiger partial charge in [-0.25, -0.2) is 4.98 Å². The Bertz CT molecular complexity index is 587. The van der Waals surface area contributed by atoms with Crippen LogP contribution >= 0.6 is 0 Å². The maximum atomic E-state index is 12.2. The van der Waals surface area contributed by atoms with E-state index in [2.05, 4.69) is 14.9 Å². The highest BCUT2D eigenvalue weighted by molar-refractivity contribution is 5.76. The van der Waals surface area contributed by atoms with E-state index >= 15 is 0 Å². The molecular formula is C16H20N4O. The fraction of sp³-hybridized carbons (Fsp3) is 0.375. The Kier molecular flexibility index (Phi) is 4.31. The number of imidazole rings is 1. The molecule has 1 aromatic heterocycles. The first kappa shape index (κ1) is 13.8. The van der Waals surface area contributed by atoms with E-state index in [-0.39, 0.29) is 5.91 Å². The Balaban J connectivity index is 1.63. The molecular weight excluding hydrogens is 264 g/mol. The molecule has 1 fully saturated rings. The summed E-state index contributed by atoms with van der Waals surface area (Å²) in [6.07, 6.45) is 4.25. The smallest absolute Gasteiger partial charge is 0.224 e. The predicted octanol–water partition coefficient (Wildman–Crippen LogP) is 1.37. The average molecular weight is 284 g/mol. The minimum atomic E-state index is 0.226. The Hall–Kier alpha value is -2.14. The maximum absolute atomic E-state index is 12.2. The number of piperazine rings is 1. The molecule has 1 aromatic carbocycles. The molecule has 2 heterocycles. The summed E-state index contributed by atoms with van der Waals surface area (Å²) in [5.74, 6) is 1.15. The molecule has 1 aliphatic heterocycles. The number of rotatable bonds is 4. The molecule has 21 heavy (non-hydrogen) atoms. The topological polar surface area (TPSA) is 50.2 Å². The SMILES string of the molecule is O=C(CCn1ccnc1-c1ccccc1)N1CCNCC1.